The highest BCUT2D eigenvalue weighted by molar-refractivity contribution is 7.16. The van der Waals surface area contributed by atoms with E-state index in [2.05, 4.69) is 4.99 Å². The highest BCUT2D eigenvalue weighted by atomic mass is 32.1. The van der Waals surface area contributed by atoms with Gasteiger partial charge < -0.3 is 18.8 Å². The summed E-state index contributed by atoms with van der Waals surface area (Å²) in [6.07, 6.45) is 0. The van der Waals surface area contributed by atoms with Crippen LogP contribution in [0.5, 0.6) is 11.5 Å². The first kappa shape index (κ1) is 24.3. The zero-order chi connectivity index (χ0) is 25.0. The summed E-state index contributed by atoms with van der Waals surface area (Å²) in [6, 6.07) is 5.78. The molecule has 13 nitrogen and oxygen atoms in total. The first-order valence-electron chi connectivity index (χ1n) is 9.62. The SMILES string of the molecule is CCOC(=O)Cn1c(=NC(=O)c2cc([N+](=O)[O-])cc([N+](=O)[O-])c2)sc2cc(OC)c(OC)cc21. The van der Waals surface area contributed by atoms with E-state index in [1.165, 1.54) is 18.8 Å². The van der Waals surface area contributed by atoms with E-state index in [1.807, 2.05) is 0 Å². The van der Waals surface area contributed by atoms with Gasteiger partial charge >= 0.3 is 5.97 Å². The highest BCUT2D eigenvalue weighted by Crippen LogP contribution is 2.33. The lowest BCUT2D eigenvalue weighted by molar-refractivity contribution is -0.394. The van der Waals surface area contributed by atoms with Crippen LogP contribution in [0.4, 0.5) is 11.4 Å². The number of hydrogen-bond acceptors (Lipinski definition) is 10. The van der Waals surface area contributed by atoms with Gasteiger partial charge in [0.05, 0.1) is 52.5 Å². The van der Waals surface area contributed by atoms with E-state index in [0.29, 0.717) is 21.7 Å². The fourth-order valence-corrected chi connectivity index (χ4v) is 4.09. The van der Waals surface area contributed by atoms with Gasteiger partial charge in [0, 0.05) is 24.3 Å². The lowest BCUT2D eigenvalue weighted by atomic mass is 10.1. The smallest absolute Gasteiger partial charge is 0.326 e. The van der Waals surface area contributed by atoms with E-state index in [4.69, 9.17) is 14.2 Å². The Bertz CT molecular complexity index is 1340. The zero-order valence-corrected chi connectivity index (χ0v) is 19.0. The first-order chi connectivity index (χ1) is 16.2. The minimum absolute atomic E-state index is 0.0671. The predicted octanol–water partition coefficient (Wildman–Crippen LogP) is 2.84. The van der Waals surface area contributed by atoms with Crippen LogP contribution < -0.4 is 14.3 Å². The second kappa shape index (κ2) is 10.1. The molecule has 1 heterocycles. The maximum atomic E-state index is 12.9. The van der Waals surface area contributed by atoms with Gasteiger partial charge in [-0.15, -0.1) is 0 Å². The van der Waals surface area contributed by atoms with Crippen LogP contribution in [0.3, 0.4) is 0 Å². The number of thiazole rings is 1. The molecule has 1 aromatic heterocycles. The number of aromatic nitrogens is 1. The van der Waals surface area contributed by atoms with E-state index in [0.717, 1.165) is 29.5 Å². The fourth-order valence-electron chi connectivity index (χ4n) is 3.05. The Kier molecular flexibility index (Phi) is 7.21. The molecule has 178 valence electrons. The summed E-state index contributed by atoms with van der Waals surface area (Å²) >= 11 is 1.04. The minimum Gasteiger partial charge on any atom is -0.493 e. The van der Waals surface area contributed by atoms with Gasteiger partial charge in [0.1, 0.15) is 6.54 Å². The molecule has 3 aromatic rings. The van der Waals surface area contributed by atoms with E-state index in [1.54, 1.807) is 19.1 Å². The summed E-state index contributed by atoms with van der Waals surface area (Å²) in [5.74, 6) is -0.768. The van der Waals surface area contributed by atoms with Gasteiger partial charge in [-0.25, -0.2) is 0 Å². The van der Waals surface area contributed by atoms with Crippen LogP contribution in [-0.4, -0.2) is 47.1 Å². The standard InChI is InChI=1S/C20H18N4O9S/c1-4-33-18(25)10-22-14-8-15(31-2)16(32-3)9-17(14)34-20(22)21-19(26)11-5-12(23(27)28)7-13(6-11)24(29)30/h5-9H,4,10H2,1-3H3. The van der Waals surface area contributed by atoms with Crippen molar-refractivity contribution in [2.45, 2.75) is 13.5 Å². The molecule has 0 radical (unpaired) electrons. The summed E-state index contributed by atoms with van der Waals surface area (Å²) < 4.78 is 17.6. The van der Waals surface area contributed by atoms with E-state index in [-0.39, 0.29) is 23.5 Å². The third-order valence-electron chi connectivity index (χ3n) is 4.55. The van der Waals surface area contributed by atoms with Gasteiger partial charge in [0.25, 0.3) is 17.3 Å². The summed E-state index contributed by atoms with van der Waals surface area (Å²) in [4.78, 5) is 49.7. The molecule has 0 N–H and O–H groups in total. The number of nitro groups is 2. The maximum Gasteiger partial charge on any atom is 0.326 e. The molecule has 3 rings (SSSR count). The number of methoxy groups -OCH3 is 2. The van der Waals surface area contributed by atoms with Crippen molar-refractivity contribution in [3.8, 4) is 11.5 Å². The van der Waals surface area contributed by atoms with Gasteiger partial charge in [-0.2, -0.15) is 4.99 Å². The number of nitro benzene ring substituents is 2. The zero-order valence-electron chi connectivity index (χ0n) is 18.2. The summed E-state index contributed by atoms with van der Waals surface area (Å²) in [5, 5.41) is 22.3. The predicted molar refractivity (Wildman–Crippen MR) is 119 cm³/mol. The third-order valence-corrected chi connectivity index (χ3v) is 5.59. The lowest BCUT2D eigenvalue weighted by Gasteiger charge is -2.09. The lowest BCUT2D eigenvalue weighted by Crippen LogP contribution is -2.23. The largest absolute Gasteiger partial charge is 0.493 e. The molecule has 0 unspecified atom stereocenters. The van der Waals surface area contributed by atoms with Crippen molar-refractivity contribution >= 4 is 44.8 Å². The number of amides is 1. The molecule has 0 saturated carbocycles. The number of fused-ring (bicyclic) bond motifs is 1. The molecule has 0 atom stereocenters. The Morgan fingerprint density at radius 2 is 1.59 bits per heavy atom. The van der Waals surface area contributed by atoms with Crippen LogP contribution in [-0.2, 0) is 16.1 Å². The topological polar surface area (TPSA) is 165 Å². The fraction of sp³-hybridized carbons (Fsp3) is 0.250. The maximum absolute atomic E-state index is 12.9. The molecular formula is C20H18N4O9S. The van der Waals surface area contributed by atoms with Crippen molar-refractivity contribution in [2.75, 3.05) is 20.8 Å². The molecule has 14 heteroatoms. The Hall–Kier alpha value is -4.33. The van der Waals surface area contributed by atoms with E-state index < -0.39 is 33.1 Å². The van der Waals surface area contributed by atoms with Crippen molar-refractivity contribution in [1.29, 1.82) is 0 Å². The van der Waals surface area contributed by atoms with Crippen molar-refractivity contribution in [1.82, 2.24) is 4.57 Å². The van der Waals surface area contributed by atoms with Crippen molar-refractivity contribution in [3.05, 3.63) is 60.9 Å². The van der Waals surface area contributed by atoms with E-state index >= 15 is 0 Å². The quantitative estimate of drug-likeness (QED) is 0.262. The summed E-state index contributed by atoms with van der Waals surface area (Å²) in [6.45, 7) is 1.50. The van der Waals surface area contributed by atoms with Crippen LogP contribution >= 0.6 is 11.3 Å². The summed E-state index contributed by atoms with van der Waals surface area (Å²) in [5.41, 5.74) is -1.11. The second-order valence-electron chi connectivity index (χ2n) is 6.62. The molecule has 0 bridgehead atoms. The average molecular weight is 490 g/mol. The molecule has 0 spiro atoms. The number of esters is 1. The van der Waals surface area contributed by atoms with Crippen molar-refractivity contribution in [2.24, 2.45) is 4.99 Å². The van der Waals surface area contributed by atoms with Gasteiger partial charge in [-0.3, -0.25) is 29.8 Å². The molecule has 34 heavy (non-hydrogen) atoms. The van der Waals surface area contributed by atoms with Crippen LogP contribution in [0.1, 0.15) is 17.3 Å². The van der Waals surface area contributed by atoms with Gasteiger partial charge in [0.2, 0.25) is 0 Å². The van der Waals surface area contributed by atoms with Crippen LogP contribution in [0.15, 0.2) is 35.3 Å². The number of benzene rings is 2. The summed E-state index contributed by atoms with van der Waals surface area (Å²) in [7, 11) is 2.89. The minimum atomic E-state index is -0.963. The molecule has 0 aliphatic heterocycles. The molecular weight excluding hydrogens is 472 g/mol. The number of nitrogens with zero attached hydrogens (tertiary/aromatic N) is 4. The molecule has 0 aliphatic carbocycles. The second-order valence-corrected chi connectivity index (χ2v) is 7.63. The Balaban J connectivity index is 2.22. The Morgan fingerprint density at radius 1 is 1.00 bits per heavy atom. The van der Waals surface area contributed by atoms with Crippen molar-refractivity contribution in [3.63, 3.8) is 0 Å². The van der Waals surface area contributed by atoms with Crippen LogP contribution in [0, 0.1) is 20.2 Å². The highest BCUT2D eigenvalue weighted by Gasteiger charge is 2.21. The molecule has 0 aliphatic rings. The average Bonchev–Trinajstić information content (AvgIpc) is 3.13. The van der Waals surface area contributed by atoms with E-state index in [9.17, 15) is 29.8 Å². The number of rotatable bonds is 8. The normalized spacial score (nSPS) is 11.3. The molecule has 2 aromatic carbocycles. The number of non-ortho nitro benzene ring substituents is 2. The Morgan fingerprint density at radius 3 is 2.12 bits per heavy atom. The van der Waals surface area contributed by atoms with Gasteiger partial charge in [-0.1, -0.05) is 11.3 Å². The number of ether oxygens (including phenoxy) is 3. The third kappa shape index (κ3) is 5.01. The molecule has 0 saturated heterocycles. The Labute approximate surface area is 195 Å². The number of carbonyl (C=O) groups excluding carboxylic acids is 2. The van der Waals surface area contributed by atoms with Crippen LogP contribution in [0.2, 0.25) is 0 Å². The number of hydrogen-bond donors (Lipinski definition) is 0. The van der Waals surface area contributed by atoms with Crippen LogP contribution in [0.25, 0.3) is 10.2 Å². The molecule has 1 amide bonds. The number of carbonyl (C=O) groups is 2. The molecule has 0 fully saturated rings. The van der Waals surface area contributed by atoms with Crippen molar-refractivity contribution < 1.29 is 33.6 Å². The van der Waals surface area contributed by atoms with Gasteiger partial charge in [-0.05, 0) is 6.92 Å². The van der Waals surface area contributed by atoms with Gasteiger partial charge in [0.15, 0.2) is 16.3 Å². The first-order valence-corrected chi connectivity index (χ1v) is 10.4. The monoisotopic (exact) mass is 490 g/mol.